The summed E-state index contributed by atoms with van der Waals surface area (Å²) in [7, 11) is 0. The highest BCUT2D eigenvalue weighted by Crippen LogP contribution is 2.46. The van der Waals surface area contributed by atoms with Crippen LogP contribution in [0, 0.1) is 5.82 Å². The van der Waals surface area contributed by atoms with Gasteiger partial charge in [0.1, 0.15) is 5.82 Å². The molecule has 1 nitrogen and oxygen atoms in total. The molecule has 0 spiro atoms. The number of hydrogen-bond donors (Lipinski definition) is 1. The van der Waals surface area contributed by atoms with Crippen molar-refractivity contribution in [2.45, 2.75) is 30.6 Å². The molecule has 1 atom stereocenters. The van der Waals surface area contributed by atoms with Gasteiger partial charge in [0.2, 0.25) is 0 Å². The minimum Gasteiger partial charge on any atom is -0.309 e. The molecule has 0 saturated heterocycles. The maximum atomic E-state index is 13.0. The molecule has 0 bridgehead atoms. The summed E-state index contributed by atoms with van der Waals surface area (Å²) in [6.45, 7) is 3.11. The van der Waals surface area contributed by atoms with E-state index in [1.54, 1.807) is 12.1 Å². The average Bonchev–Trinajstić information content (AvgIpc) is 3.07. The van der Waals surface area contributed by atoms with E-state index in [-0.39, 0.29) is 11.9 Å². The van der Waals surface area contributed by atoms with E-state index in [0.29, 0.717) is 4.75 Å². The van der Waals surface area contributed by atoms with Crippen molar-refractivity contribution in [3.8, 4) is 0 Å². The van der Waals surface area contributed by atoms with Gasteiger partial charge in [-0.2, -0.15) is 11.8 Å². The molecule has 88 valence electrons. The Labute approximate surface area is 101 Å². The van der Waals surface area contributed by atoms with Crippen molar-refractivity contribution in [3.05, 3.63) is 35.6 Å². The summed E-state index contributed by atoms with van der Waals surface area (Å²) in [5.74, 6) is -0.155. The molecule has 3 heteroatoms. The first-order valence-corrected chi connectivity index (χ1v) is 6.92. The van der Waals surface area contributed by atoms with Crippen LogP contribution in [0.3, 0.4) is 0 Å². The van der Waals surface area contributed by atoms with E-state index in [2.05, 4.69) is 18.5 Å². The van der Waals surface area contributed by atoms with Gasteiger partial charge in [-0.1, -0.05) is 12.1 Å². The summed E-state index contributed by atoms with van der Waals surface area (Å²) in [5.41, 5.74) is 1.02. The fraction of sp³-hybridized carbons (Fsp3) is 0.538. The summed E-state index contributed by atoms with van der Waals surface area (Å²) in [4.78, 5) is 0. The molecule has 1 aromatic rings. The fourth-order valence-electron chi connectivity index (χ4n) is 1.83. The van der Waals surface area contributed by atoms with E-state index < -0.39 is 0 Å². The van der Waals surface area contributed by atoms with Crippen LogP contribution in [0.4, 0.5) is 4.39 Å². The quantitative estimate of drug-likeness (QED) is 0.845. The van der Waals surface area contributed by atoms with Crippen LogP contribution in [-0.4, -0.2) is 17.5 Å². The molecular weight excluding hydrogens is 221 g/mol. The van der Waals surface area contributed by atoms with E-state index in [4.69, 9.17) is 0 Å². The highest BCUT2D eigenvalue weighted by molar-refractivity contribution is 8.00. The van der Waals surface area contributed by atoms with Crippen LogP contribution in [0.2, 0.25) is 0 Å². The van der Waals surface area contributed by atoms with Gasteiger partial charge < -0.3 is 5.32 Å². The summed E-state index contributed by atoms with van der Waals surface area (Å²) in [6.07, 6.45) is 4.77. The molecule has 1 aliphatic rings. The van der Waals surface area contributed by atoms with Crippen molar-refractivity contribution < 1.29 is 4.39 Å². The van der Waals surface area contributed by atoms with Gasteiger partial charge in [0.15, 0.2) is 0 Å². The van der Waals surface area contributed by atoms with Crippen molar-refractivity contribution in [2.75, 3.05) is 12.8 Å². The first-order valence-electron chi connectivity index (χ1n) is 5.69. The van der Waals surface area contributed by atoms with Gasteiger partial charge in [0.05, 0.1) is 0 Å². The molecule has 16 heavy (non-hydrogen) atoms. The number of halogens is 1. The van der Waals surface area contributed by atoms with Gasteiger partial charge in [-0.15, -0.1) is 0 Å². The lowest BCUT2D eigenvalue weighted by atomic mass is 10.1. The van der Waals surface area contributed by atoms with Gasteiger partial charge in [-0.25, -0.2) is 4.39 Å². The van der Waals surface area contributed by atoms with Crippen molar-refractivity contribution in [3.63, 3.8) is 0 Å². The Morgan fingerprint density at radius 3 is 2.81 bits per heavy atom. The second-order valence-electron chi connectivity index (χ2n) is 4.54. The third-order valence-electron chi connectivity index (χ3n) is 3.32. The monoisotopic (exact) mass is 239 g/mol. The van der Waals surface area contributed by atoms with Gasteiger partial charge in [0, 0.05) is 17.3 Å². The zero-order chi connectivity index (χ0) is 11.6. The standard InChI is InChI=1S/C13H18FNS/c1-10(11-4-3-5-12(14)8-11)15-9-13(16-2)6-7-13/h3-5,8,10,15H,6-7,9H2,1-2H3. The molecule has 2 rings (SSSR count). The molecule has 1 N–H and O–H groups in total. The number of nitrogens with one attached hydrogen (secondary N) is 1. The Hall–Kier alpha value is -0.540. The van der Waals surface area contributed by atoms with E-state index in [1.807, 2.05) is 17.8 Å². The molecule has 0 heterocycles. The Balaban J connectivity index is 1.90. The molecule has 1 aromatic carbocycles. The van der Waals surface area contributed by atoms with Crippen LogP contribution in [0.5, 0.6) is 0 Å². The molecule has 0 aliphatic heterocycles. The van der Waals surface area contributed by atoms with E-state index in [9.17, 15) is 4.39 Å². The van der Waals surface area contributed by atoms with E-state index >= 15 is 0 Å². The third kappa shape index (κ3) is 2.77. The van der Waals surface area contributed by atoms with Crippen molar-refractivity contribution in [1.29, 1.82) is 0 Å². The molecule has 0 aromatic heterocycles. The lowest BCUT2D eigenvalue weighted by molar-refractivity contribution is 0.556. The first kappa shape index (κ1) is 11.9. The Kier molecular flexibility index (Phi) is 3.55. The summed E-state index contributed by atoms with van der Waals surface area (Å²) in [6, 6.07) is 7.06. The maximum Gasteiger partial charge on any atom is 0.123 e. The van der Waals surface area contributed by atoms with Crippen LogP contribution in [-0.2, 0) is 0 Å². The van der Waals surface area contributed by atoms with Gasteiger partial charge in [-0.3, -0.25) is 0 Å². The second kappa shape index (κ2) is 4.76. The van der Waals surface area contributed by atoms with Crippen molar-refractivity contribution in [2.24, 2.45) is 0 Å². The normalized spacial score (nSPS) is 19.4. The van der Waals surface area contributed by atoms with Crippen LogP contribution >= 0.6 is 11.8 Å². The molecule has 0 radical (unpaired) electrons. The minimum atomic E-state index is -0.155. The van der Waals surface area contributed by atoms with Crippen molar-refractivity contribution in [1.82, 2.24) is 5.32 Å². The molecule has 1 saturated carbocycles. The molecule has 0 amide bonds. The van der Waals surface area contributed by atoms with E-state index in [1.165, 1.54) is 18.9 Å². The van der Waals surface area contributed by atoms with Gasteiger partial charge >= 0.3 is 0 Å². The lowest BCUT2D eigenvalue weighted by Crippen LogP contribution is -2.28. The van der Waals surface area contributed by atoms with Gasteiger partial charge in [-0.05, 0) is 43.7 Å². The van der Waals surface area contributed by atoms with Crippen LogP contribution in [0.15, 0.2) is 24.3 Å². The van der Waals surface area contributed by atoms with Gasteiger partial charge in [0.25, 0.3) is 0 Å². The predicted molar refractivity (Wildman–Crippen MR) is 68.3 cm³/mol. The maximum absolute atomic E-state index is 13.0. The number of benzene rings is 1. The predicted octanol–water partition coefficient (Wildman–Crippen LogP) is 3.37. The topological polar surface area (TPSA) is 12.0 Å². The number of thioether (sulfide) groups is 1. The van der Waals surface area contributed by atoms with Crippen LogP contribution < -0.4 is 5.32 Å². The van der Waals surface area contributed by atoms with Crippen LogP contribution in [0.25, 0.3) is 0 Å². The first-order chi connectivity index (χ1) is 7.65. The smallest absolute Gasteiger partial charge is 0.123 e. The number of hydrogen-bond acceptors (Lipinski definition) is 2. The largest absolute Gasteiger partial charge is 0.309 e. The third-order valence-corrected chi connectivity index (χ3v) is 4.74. The zero-order valence-corrected chi connectivity index (χ0v) is 10.6. The zero-order valence-electron chi connectivity index (χ0n) is 9.79. The average molecular weight is 239 g/mol. The SMILES string of the molecule is CSC1(CNC(C)c2cccc(F)c2)CC1. The Morgan fingerprint density at radius 1 is 1.50 bits per heavy atom. The fourth-order valence-corrected chi connectivity index (χ4v) is 2.56. The highest BCUT2D eigenvalue weighted by Gasteiger charge is 2.41. The highest BCUT2D eigenvalue weighted by atomic mass is 32.2. The lowest BCUT2D eigenvalue weighted by Gasteiger charge is -2.18. The molecule has 1 unspecified atom stereocenters. The molecular formula is C13H18FNS. The second-order valence-corrected chi connectivity index (χ2v) is 5.82. The van der Waals surface area contributed by atoms with Crippen LogP contribution in [0.1, 0.15) is 31.4 Å². The van der Waals surface area contributed by atoms with E-state index in [0.717, 1.165) is 12.1 Å². The molecule has 1 fully saturated rings. The summed E-state index contributed by atoms with van der Waals surface area (Å²) in [5, 5.41) is 3.49. The Bertz CT molecular complexity index is 363. The minimum absolute atomic E-state index is 0.155. The van der Waals surface area contributed by atoms with Crippen molar-refractivity contribution >= 4 is 11.8 Å². The number of rotatable bonds is 5. The summed E-state index contributed by atoms with van der Waals surface area (Å²) < 4.78 is 13.5. The summed E-state index contributed by atoms with van der Waals surface area (Å²) >= 11 is 1.94. The molecule has 1 aliphatic carbocycles. The Morgan fingerprint density at radius 2 is 2.25 bits per heavy atom.